The lowest BCUT2D eigenvalue weighted by Crippen LogP contribution is -2.00. The molecule has 0 amide bonds. The normalized spacial score (nSPS) is 10.1. The SMILES string of the molecule is Cc1nn(C)cc1CNc1ccc(Cl)c(C#N)c1. The summed E-state index contributed by atoms with van der Waals surface area (Å²) in [5.41, 5.74) is 3.48. The molecule has 0 spiro atoms. The summed E-state index contributed by atoms with van der Waals surface area (Å²) in [6, 6.07) is 7.38. The number of nitrogens with one attached hydrogen (secondary N) is 1. The molecule has 92 valence electrons. The van der Waals surface area contributed by atoms with Gasteiger partial charge in [-0.05, 0) is 25.1 Å². The van der Waals surface area contributed by atoms with Gasteiger partial charge < -0.3 is 5.32 Å². The minimum atomic E-state index is 0.473. The topological polar surface area (TPSA) is 53.6 Å². The molecule has 1 heterocycles. The first kappa shape index (κ1) is 12.5. The summed E-state index contributed by atoms with van der Waals surface area (Å²) in [4.78, 5) is 0. The molecule has 0 aliphatic heterocycles. The van der Waals surface area contributed by atoms with Crippen LogP contribution in [0.2, 0.25) is 5.02 Å². The maximum atomic E-state index is 8.90. The molecule has 0 aliphatic carbocycles. The Bertz CT molecular complexity index is 610. The van der Waals surface area contributed by atoms with Crippen LogP contribution >= 0.6 is 11.6 Å². The highest BCUT2D eigenvalue weighted by atomic mass is 35.5. The highest BCUT2D eigenvalue weighted by molar-refractivity contribution is 6.31. The Kier molecular flexibility index (Phi) is 3.54. The van der Waals surface area contributed by atoms with Gasteiger partial charge in [0.15, 0.2) is 0 Å². The average Bonchev–Trinajstić information content (AvgIpc) is 2.67. The van der Waals surface area contributed by atoms with Crippen LogP contribution in [0.3, 0.4) is 0 Å². The largest absolute Gasteiger partial charge is 0.381 e. The summed E-state index contributed by atoms with van der Waals surface area (Å²) in [6.45, 7) is 2.64. The van der Waals surface area contributed by atoms with Gasteiger partial charge in [-0.1, -0.05) is 11.6 Å². The smallest absolute Gasteiger partial charge is 0.101 e. The number of nitriles is 1. The molecule has 5 heteroatoms. The fraction of sp³-hybridized carbons (Fsp3) is 0.231. The van der Waals surface area contributed by atoms with Crippen molar-refractivity contribution in [2.75, 3.05) is 5.32 Å². The zero-order chi connectivity index (χ0) is 13.1. The highest BCUT2D eigenvalue weighted by Gasteiger charge is 2.04. The molecule has 4 nitrogen and oxygen atoms in total. The molecule has 0 bridgehead atoms. The molecular formula is C13H13ClN4. The van der Waals surface area contributed by atoms with Crippen molar-refractivity contribution >= 4 is 17.3 Å². The van der Waals surface area contributed by atoms with E-state index in [2.05, 4.69) is 16.5 Å². The van der Waals surface area contributed by atoms with Gasteiger partial charge >= 0.3 is 0 Å². The fourth-order valence-electron chi connectivity index (χ4n) is 1.74. The summed E-state index contributed by atoms with van der Waals surface area (Å²) in [5, 5.41) is 16.9. The molecule has 0 fully saturated rings. The molecule has 1 aromatic heterocycles. The molecule has 2 aromatic rings. The molecular weight excluding hydrogens is 248 g/mol. The van der Waals surface area contributed by atoms with Crippen LogP contribution in [0.1, 0.15) is 16.8 Å². The van der Waals surface area contributed by atoms with Gasteiger partial charge in [-0.25, -0.2) is 0 Å². The van der Waals surface area contributed by atoms with E-state index in [0.717, 1.165) is 16.9 Å². The van der Waals surface area contributed by atoms with Gasteiger partial charge in [0.2, 0.25) is 0 Å². The quantitative estimate of drug-likeness (QED) is 0.923. The van der Waals surface area contributed by atoms with E-state index in [-0.39, 0.29) is 0 Å². The van der Waals surface area contributed by atoms with E-state index in [4.69, 9.17) is 16.9 Å². The second-order valence-electron chi connectivity index (χ2n) is 4.07. The number of benzene rings is 1. The van der Waals surface area contributed by atoms with E-state index in [1.54, 1.807) is 16.8 Å². The Hall–Kier alpha value is -1.99. The average molecular weight is 261 g/mol. The number of halogens is 1. The van der Waals surface area contributed by atoms with E-state index >= 15 is 0 Å². The standard InChI is InChI=1S/C13H13ClN4/c1-9-11(8-18(2)17-9)7-16-12-3-4-13(14)10(5-12)6-15/h3-5,8,16H,7H2,1-2H3. The maximum Gasteiger partial charge on any atom is 0.101 e. The summed E-state index contributed by atoms with van der Waals surface area (Å²) in [7, 11) is 1.90. The van der Waals surface area contributed by atoms with Crippen molar-refractivity contribution in [2.24, 2.45) is 7.05 Å². The van der Waals surface area contributed by atoms with Crippen molar-refractivity contribution in [3.63, 3.8) is 0 Å². The monoisotopic (exact) mass is 260 g/mol. The molecule has 0 saturated carbocycles. The van der Waals surface area contributed by atoms with E-state index in [0.29, 0.717) is 17.1 Å². The van der Waals surface area contributed by atoms with Crippen LogP contribution in [-0.2, 0) is 13.6 Å². The van der Waals surface area contributed by atoms with Gasteiger partial charge in [0.25, 0.3) is 0 Å². The van der Waals surface area contributed by atoms with Crippen LogP contribution in [-0.4, -0.2) is 9.78 Å². The van der Waals surface area contributed by atoms with Crippen LogP contribution in [0.25, 0.3) is 0 Å². The highest BCUT2D eigenvalue weighted by Crippen LogP contribution is 2.20. The van der Waals surface area contributed by atoms with Crippen molar-refractivity contribution < 1.29 is 0 Å². The number of hydrogen-bond acceptors (Lipinski definition) is 3. The minimum Gasteiger partial charge on any atom is -0.381 e. The Morgan fingerprint density at radius 3 is 2.89 bits per heavy atom. The maximum absolute atomic E-state index is 8.90. The molecule has 0 unspecified atom stereocenters. The molecule has 18 heavy (non-hydrogen) atoms. The van der Waals surface area contributed by atoms with Crippen molar-refractivity contribution in [2.45, 2.75) is 13.5 Å². The first-order valence-corrected chi connectivity index (χ1v) is 5.90. The van der Waals surface area contributed by atoms with Gasteiger partial charge in [0.05, 0.1) is 16.3 Å². The summed E-state index contributed by atoms with van der Waals surface area (Å²) in [5.74, 6) is 0. The van der Waals surface area contributed by atoms with E-state index in [1.807, 2.05) is 26.2 Å². The number of rotatable bonds is 3. The number of hydrogen-bond donors (Lipinski definition) is 1. The van der Waals surface area contributed by atoms with E-state index in [1.165, 1.54) is 0 Å². The Balaban J connectivity index is 2.11. The molecule has 1 N–H and O–H groups in total. The Labute approximate surface area is 111 Å². The second-order valence-corrected chi connectivity index (χ2v) is 4.48. The lowest BCUT2D eigenvalue weighted by Gasteiger charge is -2.06. The van der Waals surface area contributed by atoms with Crippen molar-refractivity contribution in [3.8, 4) is 6.07 Å². The number of nitrogens with zero attached hydrogens (tertiary/aromatic N) is 3. The molecule has 0 radical (unpaired) electrons. The van der Waals surface area contributed by atoms with Crippen LogP contribution < -0.4 is 5.32 Å². The van der Waals surface area contributed by atoms with Gasteiger partial charge in [-0.3, -0.25) is 4.68 Å². The van der Waals surface area contributed by atoms with Crippen LogP contribution in [0.15, 0.2) is 24.4 Å². The van der Waals surface area contributed by atoms with Crippen LogP contribution in [0.5, 0.6) is 0 Å². The first-order chi connectivity index (χ1) is 8.60. The summed E-state index contributed by atoms with van der Waals surface area (Å²) >= 11 is 5.88. The van der Waals surface area contributed by atoms with Gasteiger partial charge in [-0.15, -0.1) is 0 Å². The van der Waals surface area contributed by atoms with Crippen LogP contribution in [0, 0.1) is 18.3 Å². The Morgan fingerprint density at radius 2 is 2.28 bits per heavy atom. The minimum absolute atomic E-state index is 0.473. The predicted octanol–water partition coefficient (Wildman–Crippen LogP) is 2.87. The van der Waals surface area contributed by atoms with E-state index < -0.39 is 0 Å². The third-order valence-electron chi connectivity index (χ3n) is 2.68. The summed E-state index contributed by atoms with van der Waals surface area (Å²) < 4.78 is 1.79. The molecule has 0 saturated heterocycles. The van der Waals surface area contributed by atoms with E-state index in [9.17, 15) is 0 Å². The fourth-order valence-corrected chi connectivity index (χ4v) is 1.90. The number of aryl methyl sites for hydroxylation is 2. The lowest BCUT2D eigenvalue weighted by molar-refractivity contribution is 0.756. The van der Waals surface area contributed by atoms with Crippen LogP contribution in [0.4, 0.5) is 5.69 Å². The number of anilines is 1. The van der Waals surface area contributed by atoms with Gasteiger partial charge in [0.1, 0.15) is 6.07 Å². The molecule has 1 aromatic carbocycles. The zero-order valence-electron chi connectivity index (χ0n) is 10.2. The Morgan fingerprint density at radius 1 is 1.50 bits per heavy atom. The first-order valence-electron chi connectivity index (χ1n) is 5.53. The van der Waals surface area contributed by atoms with Gasteiger partial charge in [-0.2, -0.15) is 10.4 Å². The molecule has 2 rings (SSSR count). The lowest BCUT2D eigenvalue weighted by atomic mass is 10.2. The predicted molar refractivity (Wildman–Crippen MR) is 71.4 cm³/mol. The second kappa shape index (κ2) is 5.11. The zero-order valence-corrected chi connectivity index (χ0v) is 11.0. The summed E-state index contributed by atoms with van der Waals surface area (Å²) in [6.07, 6.45) is 1.98. The third kappa shape index (κ3) is 2.63. The van der Waals surface area contributed by atoms with Crippen molar-refractivity contribution in [1.82, 2.24) is 9.78 Å². The van der Waals surface area contributed by atoms with Gasteiger partial charge in [0, 0.05) is 31.0 Å². The molecule has 0 aliphatic rings. The molecule has 0 atom stereocenters. The van der Waals surface area contributed by atoms with Crippen molar-refractivity contribution in [3.05, 3.63) is 46.2 Å². The van der Waals surface area contributed by atoms with Crippen molar-refractivity contribution in [1.29, 1.82) is 5.26 Å². The number of aromatic nitrogens is 2. The third-order valence-corrected chi connectivity index (χ3v) is 3.01.